The van der Waals surface area contributed by atoms with Gasteiger partial charge in [0.1, 0.15) is 0 Å². The first kappa shape index (κ1) is 14.3. The van der Waals surface area contributed by atoms with Gasteiger partial charge in [-0.1, -0.05) is 0 Å². The highest BCUT2D eigenvalue weighted by Gasteiger charge is 2.35. The van der Waals surface area contributed by atoms with Crippen molar-refractivity contribution < 1.29 is 4.79 Å². The predicted octanol–water partition coefficient (Wildman–Crippen LogP) is 0.942. The molecule has 2 unspecified atom stereocenters. The van der Waals surface area contributed by atoms with Gasteiger partial charge in [-0.2, -0.15) is 0 Å². The Morgan fingerprint density at radius 2 is 2.05 bits per heavy atom. The summed E-state index contributed by atoms with van der Waals surface area (Å²) in [6, 6.07) is 3.80. The van der Waals surface area contributed by atoms with Gasteiger partial charge in [0, 0.05) is 44.0 Å². The molecule has 0 N–H and O–H groups in total. The molecule has 0 radical (unpaired) electrons. The molecule has 1 amide bonds. The van der Waals surface area contributed by atoms with Crippen molar-refractivity contribution in [2.45, 2.75) is 25.3 Å². The van der Waals surface area contributed by atoms with Gasteiger partial charge in [0.2, 0.25) is 0 Å². The molecular formula is C16H23N3O2. The Morgan fingerprint density at radius 3 is 2.81 bits per heavy atom. The lowest BCUT2D eigenvalue weighted by Gasteiger charge is -2.46. The highest BCUT2D eigenvalue weighted by Crippen LogP contribution is 2.30. The number of carbonyl (C=O) groups excluding carboxylic acids is 1. The Labute approximate surface area is 125 Å². The third kappa shape index (κ3) is 2.75. The first-order chi connectivity index (χ1) is 10.1. The topological polar surface area (TPSA) is 45.5 Å². The first-order valence-corrected chi connectivity index (χ1v) is 7.72. The van der Waals surface area contributed by atoms with Crippen LogP contribution in [-0.2, 0) is 7.05 Å². The van der Waals surface area contributed by atoms with Crippen molar-refractivity contribution in [3.05, 3.63) is 34.2 Å². The fraction of sp³-hybridized carbons (Fsp3) is 0.625. The molecule has 2 fully saturated rings. The molecule has 0 saturated carbocycles. The number of hydrogen-bond acceptors (Lipinski definition) is 3. The minimum Gasteiger partial charge on any atom is -0.338 e. The average Bonchev–Trinajstić information content (AvgIpc) is 2.49. The molecule has 0 bridgehead atoms. The van der Waals surface area contributed by atoms with E-state index in [1.54, 1.807) is 19.3 Å². The molecule has 0 spiro atoms. The van der Waals surface area contributed by atoms with Crippen LogP contribution in [0.2, 0.25) is 0 Å². The average molecular weight is 289 g/mol. The number of carbonyl (C=O) groups is 1. The molecule has 1 aromatic rings. The molecule has 114 valence electrons. The number of aryl methyl sites for hydroxylation is 1. The minimum atomic E-state index is -0.131. The minimum absolute atomic E-state index is 0.000577. The van der Waals surface area contributed by atoms with Crippen molar-refractivity contribution in [2.24, 2.45) is 13.0 Å². The molecule has 2 atom stereocenters. The fourth-order valence-corrected chi connectivity index (χ4v) is 3.70. The van der Waals surface area contributed by atoms with E-state index in [-0.39, 0.29) is 11.5 Å². The zero-order chi connectivity index (χ0) is 15.0. The van der Waals surface area contributed by atoms with Gasteiger partial charge in [0.05, 0.1) is 0 Å². The molecule has 0 aromatic carbocycles. The zero-order valence-electron chi connectivity index (χ0n) is 12.8. The first-order valence-electron chi connectivity index (χ1n) is 7.72. The second-order valence-corrected chi connectivity index (χ2v) is 6.35. The Hall–Kier alpha value is -1.62. The lowest BCUT2D eigenvalue weighted by atomic mass is 9.84. The van der Waals surface area contributed by atoms with Crippen LogP contribution in [0, 0.1) is 5.92 Å². The van der Waals surface area contributed by atoms with E-state index in [1.807, 2.05) is 4.90 Å². The fourth-order valence-electron chi connectivity index (χ4n) is 3.70. The van der Waals surface area contributed by atoms with Gasteiger partial charge in [-0.15, -0.1) is 0 Å². The molecule has 3 heterocycles. The van der Waals surface area contributed by atoms with Crippen molar-refractivity contribution in [3.8, 4) is 0 Å². The molecule has 5 heteroatoms. The summed E-state index contributed by atoms with van der Waals surface area (Å²) in [5, 5.41) is 0. The van der Waals surface area contributed by atoms with E-state index in [9.17, 15) is 9.59 Å². The van der Waals surface area contributed by atoms with Gasteiger partial charge in [-0.3, -0.25) is 9.59 Å². The largest absolute Gasteiger partial charge is 0.338 e. The molecule has 0 aliphatic carbocycles. The van der Waals surface area contributed by atoms with Gasteiger partial charge in [0.25, 0.3) is 11.5 Å². The van der Waals surface area contributed by atoms with E-state index >= 15 is 0 Å². The Bertz CT molecular complexity index is 595. The van der Waals surface area contributed by atoms with Gasteiger partial charge < -0.3 is 14.4 Å². The summed E-state index contributed by atoms with van der Waals surface area (Å²) >= 11 is 0. The van der Waals surface area contributed by atoms with Crippen molar-refractivity contribution in [3.63, 3.8) is 0 Å². The molecule has 5 nitrogen and oxygen atoms in total. The SMILES string of the molecule is CN1CCCC2CN(C(=O)c3ccn(C)c(=O)c3)CCC21. The summed E-state index contributed by atoms with van der Waals surface area (Å²) < 4.78 is 1.49. The summed E-state index contributed by atoms with van der Waals surface area (Å²) in [4.78, 5) is 28.6. The molecule has 21 heavy (non-hydrogen) atoms. The van der Waals surface area contributed by atoms with Crippen LogP contribution in [-0.4, -0.2) is 53.0 Å². The van der Waals surface area contributed by atoms with Crippen LogP contribution < -0.4 is 5.56 Å². The van der Waals surface area contributed by atoms with E-state index in [4.69, 9.17) is 0 Å². The number of piperidine rings is 2. The van der Waals surface area contributed by atoms with Crippen molar-refractivity contribution in [1.82, 2.24) is 14.4 Å². The van der Waals surface area contributed by atoms with E-state index in [2.05, 4.69) is 11.9 Å². The monoisotopic (exact) mass is 289 g/mol. The van der Waals surface area contributed by atoms with Crippen LogP contribution in [0.25, 0.3) is 0 Å². The van der Waals surface area contributed by atoms with Gasteiger partial charge in [0.15, 0.2) is 0 Å². The normalized spacial score (nSPS) is 26.5. The number of pyridine rings is 1. The summed E-state index contributed by atoms with van der Waals surface area (Å²) in [6.45, 7) is 2.78. The number of fused-ring (bicyclic) bond motifs is 1. The highest BCUT2D eigenvalue weighted by molar-refractivity contribution is 5.94. The molecule has 1 aromatic heterocycles. The molecule has 2 aliphatic rings. The maximum absolute atomic E-state index is 12.6. The van der Waals surface area contributed by atoms with E-state index in [0.717, 1.165) is 19.5 Å². The lowest BCUT2D eigenvalue weighted by molar-refractivity contribution is 0.0316. The van der Waals surface area contributed by atoms with Crippen LogP contribution >= 0.6 is 0 Å². The number of nitrogens with zero attached hydrogens (tertiary/aromatic N) is 3. The lowest BCUT2D eigenvalue weighted by Crippen LogP contribution is -2.54. The number of aromatic nitrogens is 1. The highest BCUT2D eigenvalue weighted by atomic mass is 16.2. The summed E-state index contributed by atoms with van der Waals surface area (Å²) in [7, 11) is 3.88. The summed E-state index contributed by atoms with van der Waals surface area (Å²) in [6.07, 6.45) is 5.12. The van der Waals surface area contributed by atoms with Gasteiger partial charge in [-0.25, -0.2) is 0 Å². The second kappa shape index (κ2) is 5.64. The molecule has 2 aliphatic heterocycles. The third-order valence-corrected chi connectivity index (χ3v) is 4.98. The summed E-state index contributed by atoms with van der Waals surface area (Å²) in [5.74, 6) is 0.576. The van der Waals surface area contributed by atoms with Crippen LogP contribution in [0.4, 0.5) is 0 Å². The van der Waals surface area contributed by atoms with Crippen LogP contribution in [0.5, 0.6) is 0 Å². The van der Waals surface area contributed by atoms with Gasteiger partial charge in [-0.05, 0) is 44.8 Å². The number of likely N-dealkylation sites (tertiary alicyclic amines) is 2. The summed E-state index contributed by atoms with van der Waals surface area (Å²) in [5.41, 5.74) is 0.383. The van der Waals surface area contributed by atoms with Crippen molar-refractivity contribution in [1.29, 1.82) is 0 Å². The Kier molecular flexibility index (Phi) is 3.85. The number of amides is 1. The van der Waals surface area contributed by atoms with Crippen LogP contribution in [0.1, 0.15) is 29.6 Å². The second-order valence-electron chi connectivity index (χ2n) is 6.35. The van der Waals surface area contributed by atoms with Crippen LogP contribution in [0.3, 0.4) is 0 Å². The van der Waals surface area contributed by atoms with E-state index in [1.165, 1.54) is 30.0 Å². The Morgan fingerprint density at radius 1 is 1.24 bits per heavy atom. The van der Waals surface area contributed by atoms with E-state index in [0.29, 0.717) is 17.5 Å². The maximum Gasteiger partial charge on any atom is 0.254 e. The number of hydrogen-bond donors (Lipinski definition) is 0. The van der Waals surface area contributed by atoms with Gasteiger partial charge >= 0.3 is 0 Å². The molecular weight excluding hydrogens is 266 g/mol. The zero-order valence-corrected chi connectivity index (χ0v) is 12.8. The van der Waals surface area contributed by atoms with E-state index < -0.39 is 0 Å². The van der Waals surface area contributed by atoms with Crippen LogP contribution in [0.15, 0.2) is 23.1 Å². The molecule has 2 saturated heterocycles. The molecule has 3 rings (SSSR count). The third-order valence-electron chi connectivity index (χ3n) is 4.98. The predicted molar refractivity (Wildman–Crippen MR) is 81.3 cm³/mol. The standard InChI is InChI=1S/C16H23N3O2/c1-17-7-3-4-13-11-19(9-6-14(13)17)16(21)12-5-8-18(2)15(20)10-12/h5,8,10,13-14H,3-4,6-7,9,11H2,1-2H3. The smallest absolute Gasteiger partial charge is 0.254 e. The number of rotatable bonds is 1. The van der Waals surface area contributed by atoms with Crippen molar-refractivity contribution in [2.75, 3.05) is 26.7 Å². The maximum atomic E-state index is 12.6. The van der Waals surface area contributed by atoms with Crippen molar-refractivity contribution >= 4 is 5.91 Å². The quantitative estimate of drug-likeness (QED) is 0.773. The Balaban J connectivity index is 1.74.